The fourth-order valence-electron chi connectivity index (χ4n) is 2.17. The Bertz CT molecular complexity index is 507. The van der Waals surface area contributed by atoms with Crippen molar-refractivity contribution in [3.8, 4) is 5.75 Å². The molecule has 102 valence electrons. The van der Waals surface area contributed by atoms with E-state index in [1.165, 1.54) is 12.1 Å². The van der Waals surface area contributed by atoms with Gasteiger partial charge in [0.05, 0.1) is 0 Å². The molecule has 1 amide bonds. The summed E-state index contributed by atoms with van der Waals surface area (Å²) in [4.78, 5) is 26.0. The van der Waals surface area contributed by atoms with Gasteiger partial charge in [-0.25, -0.2) is 4.79 Å². The molecule has 6 nitrogen and oxygen atoms in total. The predicted molar refractivity (Wildman–Crippen MR) is 69.5 cm³/mol. The maximum atomic E-state index is 11.2. The molecule has 1 saturated heterocycles. The molecule has 2 rings (SSSR count). The second-order valence-electron chi connectivity index (χ2n) is 4.50. The van der Waals surface area contributed by atoms with Crippen LogP contribution >= 0.6 is 0 Å². The first-order valence-electron chi connectivity index (χ1n) is 6.06. The first-order valence-corrected chi connectivity index (χ1v) is 6.06. The zero-order chi connectivity index (χ0) is 14.0. The van der Waals surface area contributed by atoms with E-state index in [4.69, 9.17) is 5.11 Å². The van der Waals surface area contributed by atoms with Crippen LogP contribution in [0.15, 0.2) is 18.2 Å². The summed E-state index contributed by atoms with van der Waals surface area (Å²) in [6, 6.07) is 4.53. The molecule has 0 bridgehead atoms. The Morgan fingerprint density at radius 3 is 2.32 bits per heavy atom. The van der Waals surface area contributed by atoms with Crippen LogP contribution in [-0.2, 0) is 4.79 Å². The quantitative estimate of drug-likeness (QED) is 0.824. The van der Waals surface area contributed by atoms with Gasteiger partial charge in [-0.3, -0.25) is 4.79 Å². The first kappa shape index (κ1) is 13.2. The molecule has 1 heterocycles. The highest BCUT2D eigenvalue weighted by Gasteiger charge is 2.20. The summed E-state index contributed by atoms with van der Waals surface area (Å²) >= 11 is 0. The molecule has 1 aromatic carbocycles. The molecule has 1 fully saturated rings. The van der Waals surface area contributed by atoms with E-state index in [1.807, 2.05) is 4.90 Å². The maximum Gasteiger partial charge on any atom is 0.339 e. The van der Waals surface area contributed by atoms with E-state index in [0.29, 0.717) is 26.2 Å². The number of carbonyl (C=O) groups is 2. The second-order valence-corrected chi connectivity index (χ2v) is 4.50. The van der Waals surface area contributed by atoms with Crippen LogP contribution in [0.2, 0.25) is 0 Å². The van der Waals surface area contributed by atoms with Crippen molar-refractivity contribution in [2.45, 2.75) is 6.92 Å². The van der Waals surface area contributed by atoms with Crippen LogP contribution in [0.5, 0.6) is 5.75 Å². The van der Waals surface area contributed by atoms with E-state index >= 15 is 0 Å². The summed E-state index contributed by atoms with van der Waals surface area (Å²) in [6.45, 7) is 4.10. The normalized spacial score (nSPS) is 15.4. The Kier molecular flexibility index (Phi) is 3.59. The topological polar surface area (TPSA) is 81.1 Å². The molecular formula is C13H16N2O4. The van der Waals surface area contributed by atoms with Gasteiger partial charge in [-0.05, 0) is 18.2 Å². The lowest BCUT2D eigenvalue weighted by Crippen LogP contribution is -2.48. The van der Waals surface area contributed by atoms with Crippen LogP contribution in [-0.4, -0.2) is 53.2 Å². The van der Waals surface area contributed by atoms with Gasteiger partial charge in [0.15, 0.2) is 0 Å². The monoisotopic (exact) mass is 264 g/mol. The van der Waals surface area contributed by atoms with Gasteiger partial charge < -0.3 is 20.0 Å². The zero-order valence-corrected chi connectivity index (χ0v) is 10.7. The Labute approximate surface area is 110 Å². The number of piperazine rings is 1. The van der Waals surface area contributed by atoms with Crippen molar-refractivity contribution in [3.63, 3.8) is 0 Å². The van der Waals surface area contributed by atoms with E-state index in [1.54, 1.807) is 17.9 Å². The van der Waals surface area contributed by atoms with Crippen LogP contribution in [0.25, 0.3) is 0 Å². The molecule has 0 radical (unpaired) electrons. The van der Waals surface area contributed by atoms with Crippen molar-refractivity contribution >= 4 is 17.6 Å². The highest BCUT2D eigenvalue weighted by molar-refractivity contribution is 5.92. The Balaban J connectivity index is 2.14. The van der Waals surface area contributed by atoms with Gasteiger partial charge in [-0.2, -0.15) is 0 Å². The van der Waals surface area contributed by atoms with Crippen molar-refractivity contribution in [1.29, 1.82) is 0 Å². The number of nitrogens with zero attached hydrogens (tertiary/aromatic N) is 2. The molecule has 0 aliphatic carbocycles. The molecule has 0 aromatic heterocycles. The number of rotatable bonds is 2. The van der Waals surface area contributed by atoms with Crippen LogP contribution in [0.1, 0.15) is 17.3 Å². The van der Waals surface area contributed by atoms with Gasteiger partial charge in [-0.15, -0.1) is 0 Å². The molecule has 19 heavy (non-hydrogen) atoms. The number of aromatic carboxylic acids is 1. The number of phenols is 1. The van der Waals surface area contributed by atoms with Gasteiger partial charge in [0, 0.05) is 38.8 Å². The van der Waals surface area contributed by atoms with Gasteiger partial charge in [-0.1, -0.05) is 0 Å². The van der Waals surface area contributed by atoms with Gasteiger partial charge in [0.2, 0.25) is 5.91 Å². The lowest BCUT2D eigenvalue weighted by Gasteiger charge is -2.35. The van der Waals surface area contributed by atoms with E-state index in [9.17, 15) is 14.7 Å². The average molecular weight is 264 g/mol. The summed E-state index contributed by atoms with van der Waals surface area (Å²) < 4.78 is 0. The Morgan fingerprint density at radius 2 is 1.79 bits per heavy atom. The molecule has 2 N–H and O–H groups in total. The fraction of sp³-hybridized carbons (Fsp3) is 0.385. The van der Waals surface area contributed by atoms with Gasteiger partial charge in [0.25, 0.3) is 0 Å². The number of aromatic hydroxyl groups is 1. The molecule has 0 saturated carbocycles. The third kappa shape index (κ3) is 2.78. The van der Waals surface area contributed by atoms with Crippen molar-refractivity contribution in [2.75, 3.05) is 31.1 Å². The van der Waals surface area contributed by atoms with Crippen molar-refractivity contribution in [3.05, 3.63) is 23.8 Å². The first-order chi connectivity index (χ1) is 8.99. The van der Waals surface area contributed by atoms with Crippen LogP contribution in [0, 0.1) is 0 Å². The lowest BCUT2D eigenvalue weighted by molar-refractivity contribution is -0.129. The lowest BCUT2D eigenvalue weighted by atomic mass is 10.1. The minimum Gasteiger partial charge on any atom is -0.507 e. The van der Waals surface area contributed by atoms with E-state index in [2.05, 4.69) is 0 Å². The maximum absolute atomic E-state index is 11.2. The van der Waals surface area contributed by atoms with Crippen LogP contribution < -0.4 is 4.90 Å². The number of anilines is 1. The standard InChI is InChI=1S/C13H16N2O4/c1-9(16)14-4-6-15(7-5-14)10-2-3-12(17)11(8-10)13(18)19/h2-3,8,17H,4-7H2,1H3,(H,18,19). The molecular weight excluding hydrogens is 248 g/mol. The minimum atomic E-state index is -1.15. The number of carbonyl (C=O) groups excluding carboxylic acids is 1. The molecule has 0 atom stereocenters. The van der Waals surface area contributed by atoms with Crippen molar-refractivity contribution in [2.24, 2.45) is 0 Å². The van der Waals surface area contributed by atoms with E-state index < -0.39 is 5.97 Å². The van der Waals surface area contributed by atoms with Crippen LogP contribution in [0.3, 0.4) is 0 Å². The van der Waals surface area contributed by atoms with E-state index in [0.717, 1.165) is 5.69 Å². The van der Waals surface area contributed by atoms with Crippen molar-refractivity contribution < 1.29 is 19.8 Å². The second kappa shape index (κ2) is 5.17. The fourth-order valence-corrected chi connectivity index (χ4v) is 2.17. The summed E-state index contributed by atoms with van der Waals surface area (Å²) in [6.07, 6.45) is 0. The number of carboxylic acids is 1. The number of carboxylic acid groups (broad SMARTS) is 1. The number of amides is 1. The third-order valence-corrected chi connectivity index (χ3v) is 3.30. The highest BCUT2D eigenvalue weighted by Crippen LogP contribution is 2.25. The Hall–Kier alpha value is -2.24. The molecule has 6 heteroatoms. The minimum absolute atomic E-state index is 0.0524. The number of hydrogen-bond acceptors (Lipinski definition) is 4. The van der Waals surface area contributed by atoms with Crippen molar-refractivity contribution in [1.82, 2.24) is 4.90 Å². The molecule has 1 aromatic rings. The molecule has 1 aliphatic rings. The highest BCUT2D eigenvalue weighted by atomic mass is 16.4. The molecule has 0 unspecified atom stereocenters. The summed E-state index contributed by atoms with van der Waals surface area (Å²) in [5, 5.41) is 18.4. The van der Waals surface area contributed by atoms with Gasteiger partial charge >= 0.3 is 5.97 Å². The number of benzene rings is 1. The Morgan fingerprint density at radius 1 is 1.16 bits per heavy atom. The van der Waals surface area contributed by atoms with E-state index in [-0.39, 0.29) is 17.2 Å². The van der Waals surface area contributed by atoms with Crippen LogP contribution in [0.4, 0.5) is 5.69 Å². The van der Waals surface area contributed by atoms with Gasteiger partial charge in [0.1, 0.15) is 11.3 Å². The third-order valence-electron chi connectivity index (χ3n) is 3.30. The molecule has 0 spiro atoms. The SMILES string of the molecule is CC(=O)N1CCN(c2ccc(O)c(C(=O)O)c2)CC1. The summed E-state index contributed by atoms with van der Waals surface area (Å²) in [5.74, 6) is -1.34. The predicted octanol–water partition coefficient (Wildman–Crippen LogP) is 0.759. The molecule has 1 aliphatic heterocycles. The summed E-state index contributed by atoms with van der Waals surface area (Å²) in [5.41, 5.74) is 0.643. The number of hydrogen-bond donors (Lipinski definition) is 2. The summed E-state index contributed by atoms with van der Waals surface area (Å²) in [7, 11) is 0. The smallest absolute Gasteiger partial charge is 0.339 e. The zero-order valence-electron chi connectivity index (χ0n) is 10.7. The average Bonchev–Trinajstić information content (AvgIpc) is 2.39. The largest absolute Gasteiger partial charge is 0.507 e.